The number of hydrogen-bond donors (Lipinski definition) is 2. The van der Waals surface area contributed by atoms with Gasteiger partial charge in [-0.15, -0.1) is 0 Å². The Morgan fingerprint density at radius 2 is 2.20 bits per heavy atom. The summed E-state index contributed by atoms with van der Waals surface area (Å²) in [7, 11) is 1.72. The van der Waals surface area contributed by atoms with Crippen LogP contribution in [0.3, 0.4) is 0 Å². The molecule has 0 aromatic carbocycles. The van der Waals surface area contributed by atoms with Gasteiger partial charge in [-0.1, -0.05) is 17.7 Å². The molecule has 2 aromatic rings. The van der Waals surface area contributed by atoms with Gasteiger partial charge < -0.3 is 10.6 Å². The number of amides is 1. The van der Waals surface area contributed by atoms with E-state index in [4.69, 9.17) is 11.6 Å². The molecule has 0 aliphatic carbocycles. The van der Waals surface area contributed by atoms with Crippen molar-refractivity contribution in [3.63, 3.8) is 0 Å². The summed E-state index contributed by atoms with van der Waals surface area (Å²) < 4.78 is 0. The highest BCUT2D eigenvalue weighted by molar-refractivity contribution is 6.33. The molecule has 0 aliphatic heterocycles. The first kappa shape index (κ1) is 14.3. The first-order valence-electron chi connectivity index (χ1n) is 6.14. The van der Waals surface area contributed by atoms with Crippen molar-refractivity contribution in [2.45, 2.75) is 13.5 Å². The van der Waals surface area contributed by atoms with Crippen molar-refractivity contribution in [3.05, 3.63) is 52.4 Å². The van der Waals surface area contributed by atoms with Crippen molar-refractivity contribution in [3.8, 4) is 0 Å². The second-order valence-corrected chi connectivity index (χ2v) is 4.66. The quantitative estimate of drug-likeness (QED) is 0.907. The number of carbonyl (C=O) groups is 1. The Balaban J connectivity index is 2.05. The third-order valence-electron chi connectivity index (χ3n) is 2.87. The molecule has 5 nitrogen and oxygen atoms in total. The lowest BCUT2D eigenvalue weighted by Gasteiger charge is -2.08. The van der Waals surface area contributed by atoms with Crippen LogP contribution in [0.15, 0.2) is 30.6 Å². The lowest BCUT2D eigenvalue weighted by atomic mass is 10.2. The fraction of sp³-hybridized carbons (Fsp3) is 0.214. The van der Waals surface area contributed by atoms with E-state index in [-0.39, 0.29) is 5.91 Å². The van der Waals surface area contributed by atoms with Crippen LogP contribution in [0.25, 0.3) is 0 Å². The van der Waals surface area contributed by atoms with Gasteiger partial charge in [0.25, 0.3) is 5.91 Å². The van der Waals surface area contributed by atoms with Gasteiger partial charge in [0.1, 0.15) is 5.82 Å². The fourth-order valence-electron chi connectivity index (χ4n) is 1.72. The summed E-state index contributed by atoms with van der Waals surface area (Å²) in [5.74, 6) is 0.316. The standard InChI is InChI=1S/C14H15ClN4O/c1-9-4-3-5-17-12(9)8-19-14(20)10-6-11(15)13(16-2)18-7-10/h3-7H,8H2,1-2H3,(H,16,18)(H,19,20). The van der Waals surface area contributed by atoms with E-state index in [9.17, 15) is 4.79 Å². The van der Waals surface area contributed by atoms with Crippen LogP contribution in [0.4, 0.5) is 5.82 Å². The summed E-state index contributed by atoms with van der Waals surface area (Å²) in [6.45, 7) is 2.32. The molecule has 2 aromatic heterocycles. The van der Waals surface area contributed by atoms with Gasteiger partial charge in [0.05, 0.1) is 22.8 Å². The van der Waals surface area contributed by atoms with Crippen molar-refractivity contribution >= 4 is 23.3 Å². The van der Waals surface area contributed by atoms with Gasteiger partial charge in [0, 0.05) is 19.4 Å². The van der Waals surface area contributed by atoms with Crippen molar-refractivity contribution < 1.29 is 4.79 Å². The second kappa shape index (κ2) is 6.34. The van der Waals surface area contributed by atoms with Crippen LogP contribution in [0.5, 0.6) is 0 Å². The summed E-state index contributed by atoms with van der Waals surface area (Å²) in [5, 5.41) is 6.05. The molecule has 0 unspecified atom stereocenters. The van der Waals surface area contributed by atoms with Gasteiger partial charge in [-0.2, -0.15) is 0 Å². The van der Waals surface area contributed by atoms with Gasteiger partial charge in [-0.05, 0) is 24.6 Å². The largest absolute Gasteiger partial charge is 0.372 e. The van der Waals surface area contributed by atoms with E-state index in [0.717, 1.165) is 11.3 Å². The minimum Gasteiger partial charge on any atom is -0.372 e. The molecule has 1 amide bonds. The van der Waals surface area contributed by atoms with E-state index in [0.29, 0.717) is 22.9 Å². The smallest absolute Gasteiger partial charge is 0.253 e. The molecule has 0 atom stereocenters. The molecule has 2 N–H and O–H groups in total. The molecule has 0 saturated heterocycles. The number of rotatable bonds is 4. The van der Waals surface area contributed by atoms with Crippen LogP contribution in [0.1, 0.15) is 21.6 Å². The van der Waals surface area contributed by atoms with Gasteiger partial charge in [-0.3, -0.25) is 9.78 Å². The van der Waals surface area contributed by atoms with E-state index < -0.39 is 0 Å². The normalized spacial score (nSPS) is 10.2. The Morgan fingerprint density at radius 3 is 2.85 bits per heavy atom. The monoisotopic (exact) mass is 290 g/mol. The lowest BCUT2D eigenvalue weighted by molar-refractivity contribution is 0.0950. The van der Waals surface area contributed by atoms with E-state index in [1.54, 1.807) is 19.3 Å². The van der Waals surface area contributed by atoms with E-state index >= 15 is 0 Å². The molecule has 2 rings (SSSR count). The Morgan fingerprint density at radius 1 is 1.40 bits per heavy atom. The van der Waals surface area contributed by atoms with Gasteiger partial charge in [-0.25, -0.2) is 4.98 Å². The Hall–Kier alpha value is -2.14. The van der Waals surface area contributed by atoms with Crippen molar-refractivity contribution in [2.75, 3.05) is 12.4 Å². The molecule has 6 heteroatoms. The molecule has 104 valence electrons. The average molecular weight is 291 g/mol. The number of halogens is 1. The Kier molecular flexibility index (Phi) is 4.53. The van der Waals surface area contributed by atoms with Gasteiger partial charge in [0.2, 0.25) is 0 Å². The second-order valence-electron chi connectivity index (χ2n) is 4.25. The molecular weight excluding hydrogens is 276 g/mol. The first-order chi connectivity index (χ1) is 9.61. The highest BCUT2D eigenvalue weighted by atomic mass is 35.5. The molecule has 0 spiro atoms. The molecular formula is C14H15ClN4O. The maximum Gasteiger partial charge on any atom is 0.253 e. The maximum absolute atomic E-state index is 12.0. The summed E-state index contributed by atoms with van der Waals surface area (Å²) >= 11 is 6.00. The van der Waals surface area contributed by atoms with Gasteiger partial charge in [0.15, 0.2) is 0 Å². The summed E-state index contributed by atoms with van der Waals surface area (Å²) in [5.41, 5.74) is 2.30. The molecule has 0 saturated carbocycles. The molecule has 0 fully saturated rings. The van der Waals surface area contributed by atoms with Crippen LogP contribution >= 0.6 is 11.6 Å². The van der Waals surface area contributed by atoms with Crippen LogP contribution in [-0.4, -0.2) is 22.9 Å². The average Bonchev–Trinajstić information content (AvgIpc) is 2.46. The van der Waals surface area contributed by atoms with Crippen molar-refractivity contribution in [1.29, 1.82) is 0 Å². The highest BCUT2D eigenvalue weighted by Crippen LogP contribution is 2.19. The summed E-state index contributed by atoms with van der Waals surface area (Å²) in [4.78, 5) is 20.3. The number of pyridine rings is 2. The zero-order valence-electron chi connectivity index (χ0n) is 11.3. The van der Waals surface area contributed by atoms with Crippen molar-refractivity contribution in [1.82, 2.24) is 15.3 Å². The fourth-order valence-corrected chi connectivity index (χ4v) is 1.98. The molecule has 0 bridgehead atoms. The number of nitrogens with one attached hydrogen (secondary N) is 2. The summed E-state index contributed by atoms with van der Waals surface area (Å²) in [6, 6.07) is 5.40. The molecule has 0 radical (unpaired) electrons. The molecule has 0 aliphatic rings. The number of nitrogens with zero attached hydrogens (tertiary/aromatic N) is 2. The number of aromatic nitrogens is 2. The number of hydrogen-bond acceptors (Lipinski definition) is 4. The number of anilines is 1. The highest BCUT2D eigenvalue weighted by Gasteiger charge is 2.10. The minimum absolute atomic E-state index is 0.230. The van der Waals surface area contributed by atoms with E-state index in [1.165, 1.54) is 6.20 Å². The topological polar surface area (TPSA) is 66.9 Å². The van der Waals surface area contributed by atoms with Crippen molar-refractivity contribution in [2.24, 2.45) is 0 Å². The third-order valence-corrected chi connectivity index (χ3v) is 3.16. The number of carbonyl (C=O) groups excluding carboxylic acids is 1. The minimum atomic E-state index is -0.230. The van der Waals surface area contributed by atoms with Gasteiger partial charge >= 0.3 is 0 Å². The zero-order valence-corrected chi connectivity index (χ0v) is 12.0. The van der Waals surface area contributed by atoms with Crippen LogP contribution in [0, 0.1) is 6.92 Å². The SMILES string of the molecule is CNc1ncc(C(=O)NCc2ncccc2C)cc1Cl. The predicted octanol–water partition coefficient (Wildman–Crippen LogP) is 2.41. The maximum atomic E-state index is 12.0. The zero-order chi connectivity index (χ0) is 14.5. The third kappa shape index (κ3) is 3.24. The molecule has 2 heterocycles. The Bertz CT molecular complexity index is 630. The van der Waals surface area contributed by atoms with E-state index in [1.807, 2.05) is 19.1 Å². The van der Waals surface area contributed by atoms with Crippen LogP contribution in [0.2, 0.25) is 5.02 Å². The summed E-state index contributed by atoms with van der Waals surface area (Å²) in [6.07, 6.45) is 3.19. The molecule has 20 heavy (non-hydrogen) atoms. The first-order valence-corrected chi connectivity index (χ1v) is 6.51. The number of aryl methyl sites for hydroxylation is 1. The predicted molar refractivity (Wildman–Crippen MR) is 78.9 cm³/mol. The van der Waals surface area contributed by atoms with E-state index in [2.05, 4.69) is 20.6 Å². The van der Waals surface area contributed by atoms with Crippen LogP contribution in [-0.2, 0) is 6.54 Å². The lowest BCUT2D eigenvalue weighted by Crippen LogP contribution is -2.24. The van der Waals surface area contributed by atoms with Crippen LogP contribution < -0.4 is 10.6 Å². The Labute approximate surface area is 122 Å².